The third-order valence-corrected chi connectivity index (χ3v) is 2.20. The second kappa shape index (κ2) is 4.82. The minimum absolute atomic E-state index is 0.815. The first-order valence-corrected chi connectivity index (χ1v) is 4.90. The molecule has 3 heteroatoms. The number of benzene rings is 1. The van der Waals surface area contributed by atoms with Gasteiger partial charge < -0.3 is 5.11 Å². The van der Waals surface area contributed by atoms with Gasteiger partial charge in [-0.1, -0.05) is 40.2 Å². The molecule has 2 nitrogen and oxygen atoms in total. The summed E-state index contributed by atoms with van der Waals surface area (Å²) < 4.78 is 0. The summed E-state index contributed by atoms with van der Waals surface area (Å²) in [6.07, 6.45) is 2.70. The van der Waals surface area contributed by atoms with Gasteiger partial charge in [0, 0.05) is 11.4 Å². The van der Waals surface area contributed by atoms with E-state index in [1.807, 2.05) is 24.3 Å². The molecular formula is C10H9BrO2. The maximum Gasteiger partial charge on any atom is 0.328 e. The summed E-state index contributed by atoms with van der Waals surface area (Å²) >= 11 is 3.33. The molecule has 0 spiro atoms. The number of alkyl halides is 1. The number of carboxylic acid groups (broad SMARTS) is 1. The molecular weight excluding hydrogens is 232 g/mol. The lowest BCUT2D eigenvalue weighted by Crippen LogP contribution is -1.85. The van der Waals surface area contributed by atoms with Crippen LogP contribution in [0, 0.1) is 0 Å². The molecule has 0 fully saturated rings. The Morgan fingerprint density at radius 3 is 2.46 bits per heavy atom. The Labute approximate surface area is 85.0 Å². The third kappa shape index (κ3) is 3.42. The lowest BCUT2D eigenvalue weighted by atomic mass is 10.1. The second-order valence-electron chi connectivity index (χ2n) is 2.55. The van der Waals surface area contributed by atoms with Crippen molar-refractivity contribution in [2.24, 2.45) is 0 Å². The molecule has 0 atom stereocenters. The van der Waals surface area contributed by atoms with E-state index in [0.717, 1.165) is 17.0 Å². The number of hydrogen-bond acceptors (Lipinski definition) is 1. The first kappa shape index (κ1) is 9.99. The van der Waals surface area contributed by atoms with Crippen LogP contribution in [0.4, 0.5) is 0 Å². The Balaban J connectivity index is 2.75. The number of hydrogen-bond donors (Lipinski definition) is 1. The molecule has 13 heavy (non-hydrogen) atoms. The molecule has 0 saturated heterocycles. The molecule has 0 radical (unpaired) electrons. The Bertz CT molecular complexity index is 314. The molecule has 0 unspecified atom stereocenters. The standard InChI is InChI=1S/C10H9BrO2/c11-7-9-3-1-8(2-4-9)5-6-10(12)13/h1-6H,7H2,(H,12,13)/b6-5-. The monoisotopic (exact) mass is 240 g/mol. The van der Waals surface area contributed by atoms with Gasteiger partial charge >= 0.3 is 5.97 Å². The zero-order valence-electron chi connectivity index (χ0n) is 6.90. The normalized spacial score (nSPS) is 10.5. The summed E-state index contributed by atoms with van der Waals surface area (Å²) in [5, 5.41) is 9.20. The predicted molar refractivity (Wildman–Crippen MR) is 55.7 cm³/mol. The van der Waals surface area contributed by atoms with Crippen molar-refractivity contribution in [1.82, 2.24) is 0 Å². The highest BCUT2D eigenvalue weighted by Crippen LogP contribution is 2.08. The SMILES string of the molecule is O=C(O)/C=C\c1ccc(CBr)cc1. The van der Waals surface area contributed by atoms with Gasteiger partial charge in [0.2, 0.25) is 0 Å². The Hall–Kier alpha value is -1.09. The average Bonchev–Trinajstić information content (AvgIpc) is 2.15. The first-order valence-electron chi connectivity index (χ1n) is 3.78. The lowest BCUT2D eigenvalue weighted by Gasteiger charge is -1.95. The van der Waals surface area contributed by atoms with Crippen LogP contribution >= 0.6 is 15.9 Å². The molecule has 0 aliphatic heterocycles. The fourth-order valence-corrected chi connectivity index (χ4v) is 1.26. The second-order valence-corrected chi connectivity index (χ2v) is 3.11. The molecule has 0 heterocycles. The minimum atomic E-state index is -0.926. The maximum absolute atomic E-state index is 10.2. The van der Waals surface area contributed by atoms with Gasteiger partial charge in [0.25, 0.3) is 0 Å². The first-order chi connectivity index (χ1) is 6.22. The van der Waals surface area contributed by atoms with E-state index in [2.05, 4.69) is 15.9 Å². The minimum Gasteiger partial charge on any atom is -0.478 e. The van der Waals surface area contributed by atoms with Gasteiger partial charge in [-0.15, -0.1) is 0 Å². The molecule has 0 aliphatic carbocycles. The van der Waals surface area contributed by atoms with Crippen molar-refractivity contribution in [3.63, 3.8) is 0 Å². The maximum atomic E-state index is 10.2. The van der Waals surface area contributed by atoms with Gasteiger partial charge in [-0.25, -0.2) is 4.79 Å². The van der Waals surface area contributed by atoms with Crippen molar-refractivity contribution in [1.29, 1.82) is 0 Å². The summed E-state index contributed by atoms with van der Waals surface area (Å²) in [6, 6.07) is 7.68. The molecule has 1 rings (SSSR count). The van der Waals surface area contributed by atoms with E-state index < -0.39 is 5.97 Å². The van der Waals surface area contributed by atoms with Crippen molar-refractivity contribution in [2.45, 2.75) is 5.33 Å². The molecule has 0 aliphatic rings. The molecule has 68 valence electrons. The van der Waals surface area contributed by atoms with Crippen molar-refractivity contribution in [2.75, 3.05) is 0 Å². The van der Waals surface area contributed by atoms with Gasteiger partial charge in [-0.2, -0.15) is 0 Å². The van der Waals surface area contributed by atoms with Gasteiger partial charge in [-0.3, -0.25) is 0 Å². The number of aliphatic carboxylic acids is 1. The number of rotatable bonds is 3. The highest BCUT2D eigenvalue weighted by Gasteiger charge is 1.90. The Kier molecular flexibility index (Phi) is 3.71. The van der Waals surface area contributed by atoms with Crippen LogP contribution in [0.15, 0.2) is 30.3 Å². The van der Waals surface area contributed by atoms with E-state index in [1.165, 1.54) is 5.56 Å². The van der Waals surface area contributed by atoms with Crippen molar-refractivity contribution >= 4 is 28.0 Å². The van der Waals surface area contributed by atoms with Crippen LogP contribution < -0.4 is 0 Å². The summed E-state index contributed by atoms with van der Waals surface area (Å²) in [7, 11) is 0. The molecule has 1 aromatic rings. The number of carbonyl (C=O) groups is 1. The van der Waals surface area contributed by atoms with E-state index in [0.29, 0.717) is 0 Å². The largest absolute Gasteiger partial charge is 0.478 e. The fraction of sp³-hybridized carbons (Fsp3) is 0.100. The molecule has 1 aromatic carbocycles. The smallest absolute Gasteiger partial charge is 0.328 e. The van der Waals surface area contributed by atoms with E-state index in [9.17, 15) is 4.79 Å². The van der Waals surface area contributed by atoms with Crippen molar-refractivity contribution < 1.29 is 9.90 Å². The van der Waals surface area contributed by atoms with Crippen LogP contribution in [0.2, 0.25) is 0 Å². The van der Waals surface area contributed by atoms with Crippen molar-refractivity contribution in [3.05, 3.63) is 41.5 Å². The van der Waals surface area contributed by atoms with Crippen LogP contribution in [0.3, 0.4) is 0 Å². The predicted octanol–water partition coefficient (Wildman–Crippen LogP) is 2.68. The topological polar surface area (TPSA) is 37.3 Å². The molecule has 0 aromatic heterocycles. The van der Waals surface area contributed by atoms with Crippen molar-refractivity contribution in [3.8, 4) is 0 Å². The van der Waals surface area contributed by atoms with Gasteiger partial charge in [0.1, 0.15) is 0 Å². The molecule has 1 N–H and O–H groups in total. The average molecular weight is 241 g/mol. The summed E-state index contributed by atoms with van der Waals surface area (Å²) in [5.74, 6) is -0.926. The quantitative estimate of drug-likeness (QED) is 0.652. The van der Waals surface area contributed by atoms with Crippen LogP contribution in [-0.4, -0.2) is 11.1 Å². The summed E-state index contributed by atoms with van der Waals surface area (Å²) in [4.78, 5) is 10.2. The van der Waals surface area contributed by atoms with Gasteiger partial charge in [-0.05, 0) is 17.2 Å². The number of carboxylic acids is 1. The third-order valence-electron chi connectivity index (χ3n) is 1.55. The van der Waals surface area contributed by atoms with Crippen LogP contribution in [0.1, 0.15) is 11.1 Å². The summed E-state index contributed by atoms with van der Waals surface area (Å²) in [6.45, 7) is 0. The Morgan fingerprint density at radius 1 is 1.38 bits per heavy atom. The highest BCUT2D eigenvalue weighted by atomic mass is 79.9. The van der Waals surface area contributed by atoms with E-state index in [1.54, 1.807) is 6.08 Å². The van der Waals surface area contributed by atoms with E-state index in [4.69, 9.17) is 5.11 Å². The van der Waals surface area contributed by atoms with E-state index in [-0.39, 0.29) is 0 Å². The van der Waals surface area contributed by atoms with Crippen LogP contribution in [0.25, 0.3) is 6.08 Å². The number of halogens is 1. The van der Waals surface area contributed by atoms with Gasteiger partial charge in [0.05, 0.1) is 0 Å². The molecule has 0 amide bonds. The Morgan fingerprint density at radius 2 is 2.00 bits per heavy atom. The van der Waals surface area contributed by atoms with E-state index >= 15 is 0 Å². The van der Waals surface area contributed by atoms with Crippen LogP contribution in [0.5, 0.6) is 0 Å². The zero-order chi connectivity index (χ0) is 9.68. The molecule has 0 bridgehead atoms. The summed E-state index contributed by atoms with van der Waals surface area (Å²) in [5.41, 5.74) is 2.07. The highest BCUT2D eigenvalue weighted by molar-refractivity contribution is 9.08. The van der Waals surface area contributed by atoms with Gasteiger partial charge in [0.15, 0.2) is 0 Å². The molecule has 0 saturated carbocycles. The lowest BCUT2D eigenvalue weighted by molar-refractivity contribution is -0.131. The van der Waals surface area contributed by atoms with Crippen LogP contribution in [-0.2, 0) is 10.1 Å². The zero-order valence-corrected chi connectivity index (χ0v) is 8.49. The fourth-order valence-electron chi connectivity index (χ4n) is 0.885.